The fourth-order valence-corrected chi connectivity index (χ4v) is 4.75. The quantitative estimate of drug-likeness (QED) is 0.577. The van der Waals surface area contributed by atoms with Crippen LogP contribution in [-0.4, -0.2) is 16.0 Å². The van der Waals surface area contributed by atoms with E-state index in [2.05, 4.69) is 42.5 Å². The van der Waals surface area contributed by atoms with Crippen molar-refractivity contribution < 1.29 is 4.39 Å². The SMILES string of the molecule is Cc1nn(-c2ccc(F)cc2)c(Cl)c1/C=N\NC1=C[C@H]2CC[C@]1(C)C2(C)C. The number of halogens is 2. The van der Waals surface area contributed by atoms with Crippen molar-refractivity contribution >= 4 is 17.8 Å². The second-order valence-corrected chi connectivity index (χ2v) is 8.69. The van der Waals surface area contributed by atoms with Gasteiger partial charge in [0.15, 0.2) is 0 Å². The zero-order valence-corrected chi connectivity index (χ0v) is 16.8. The average molecular weight is 387 g/mol. The molecule has 1 fully saturated rings. The standard InChI is InChI=1S/C21H24ClFN4/c1-13-17(19(22)27(26-13)16-7-5-15(23)6-8-16)12-24-25-18-11-14-9-10-21(18,4)20(14,2)3/h5-8,11-12,14,25H,9-10H2,1-4H3/b24-12-/t14-,21+/m1/s1. The minimum Gasteiger partial charge on any atom is -0.282 e. The Morgan fingerprint density at radius 2 is 2.00 bits per heavy atom. The minimum absolute atomic E-state index is 0.131. The molecule has 1 heterocycles. The van der Waals surface area contributed by atoms with Gasteiger partial charge in [-0.3, -0.25) is 5.43 Å². The van der Waals surface area contributed by atoms with Gasteiger partial charge in [0.25, 0.3) is 0 Å². The van der Waals surface area contributed by atoms with Crippen LogP contribution in [0.15, 0.2) is 41.1 Å². The highest BCUT2D eigenvalue weighted by molar-refractivity contribution is 6.32. The lowest BCUT2D eigenvalue weighted by Gasteiger charge is -2.36. The van der Waals surface area contributed by atoms with Crippen LogP contribution in [-0.2, 0) is 0 Å². The summed E-state index contributed by atoms with van der Waals surface area (Å²) < 4.78 is 14.8. The van der Waals surface area contributed by atoms with Crippen LogP contribution in [0, 0.1) is 29.5 Å². The predicted molar refractivity (Wildman–Crippen MR) is 107 cm³/mol. The highest BCUT2D eigenvalue weighted by atomic mass is 35.5. The summed E-state index contributed by atoms with van der Waals surface area (Å²) in [6.07, 6.45) is 6.47. The highest BCUT2D eigenvalue weighted by Crippen LogP contribution is 2.64. The Balaban J connectivity index is 1.56. The Bertz CT molecular complexity index is 942. The summed E-state index contributed by atoms with van der Waals surface area (Å²) in [6.45, 7) is 8.88. The topological polar surface area (TPSA) is 42.2 Å². The molecule has 0 spiro atoms. The summed E-state index contributed by atoms with van der Waals surface area (Å²) in [5.41, 5.74) is 7.06. The first-order valence-corrected chi connectivity index (χ1v) is 9.64. The molecule has 1 saturated carbocycles. The highest BCUT2D eigenvalue weighted by Gasteiger charge is 2.57. The van der Waals surface area contributed by atoms with Crippen molar-refractivity contribution in [2.24, 2.45) is 21.8 Å². The van der Waals surface area contributed by atoms with Gasteiger partial charge in [-0.05, 0) is 55.4 Å². The molecule has 6 heteroatoms. The Morgan fingerprint density at radius 3 is 2.59 bits per heavy atom. The van der Waals surface area contributed by atoms with Crippen LogP contribution in [0.25, 0.3) is 5.69 Å². The third-order valence-electron chi connectivity index (χ3n) is 6.76. The van der Waals surface area contributed by atoms with Gasteiger partial charge < -0.3 is 0 Å². The smallest absolute Gasteiger partial charge is 0.142 e. The Hall–Kier alpha value is -2.14. The molecule has 4 nitrogen and oxygen atoms in total. The van der Waals surface area contributed by atoms with Crippen LogP contribution in [0.1, 0.15) is 44.9 Å². The molecule has 2 aromatic rings. The summed E-state index contributed by atoms with van der Waals surface area (Å²) in [5.74, 6) is 0.312. The predicted octanol–water partition coefficient (Wildman–Crippen LogP) is 5.24. The van der Waals surface area contributed by atoms with E-state index in [1.165, 1.54) is 30.7 Å². The van der Waals surface area contributed by atoms with Gasteiger partial charge in [0.1, 0.15) is 11.0 Å². The maximum Gasteiger partial charge on any atom is 0.142 e. The van der Waals surface area contributed by atoms with E-state index < -0.39 is 0 Å². The van der Waals surface area contributed by atoms with E-state index in [0.29, 0.717) is 16.8 Å². The summed E-state index contributed by atoms with van der Waals surface area (Å²) in [7, 11) is 0. The van der Waals surface area contributed by atoms with Crippen LogP contribution in [0.5, 0.6) is 0 Å². The van der Waals surface area contributed by atoms with Gasteiger partial charge in [0.05, 0.1) is 23.2 Å². The van der Waals surface area contributed by atoms with E-state index >= 15 is 0 Å². The Kier molecular flexibility index (Phi) is 4.18. The van der Waals surface area contributed by atoms with E-state index in [1.54, 1.807) is 23.0 Å². The Labute approximate surface area is 164 Å². The molecule has 2 aliphatic carbocycles. The molecule has 4 rings (SSSR count). The zero-order valence-electron chi connectivity index (χ0n) is 16.1. The van der Waals surface area contributed by atoms with E-state index in [-0.39, 0.29) is 16.6 Å². The fraction of sp³-hybridized carbons (Fsp3) is 0.429. The van der Waals surface area contributed by atoms with Crippen LogP contribution in [0.3, 0.4) is 0 Å². The third-order valence-corrected chi connectivity index (χ3v) is 7.13. The molecule has 0 radical (unpaired) electrons. The minimum atomic E-state index is -0.291. The largest absolute Gasteiger partial charge is 0.282 e. The summed E-state index contributed by atoms with van der Waals surface area (Å²) in [6, 6.07) is 6.08. The van der Waals surface area contributed by atoms with Crippen molar-refractivity contribution in [2.75, 3.05) is 0 Å². The molecule has 0 aliphatic heterocycles. The van der Waals surface area contributed by atoms with Crippen molar-refractivity contribution in [3.05, 3.63) is 58.3 Å². The van der Waals surface area contributed by atoms with Gasteiger partial charge in [-0.1, -0.05) is 38.4 Å². The zero-order chi connectivity index (χ0) is 19.4. The molecule has 0 amide bonds. The second-order valence-electron chi connectivity index (χ2n) is 8.33. The molecule has 2 atom stereocenters. The van der Waals surface area contributed by atoms with Gasteiger partial charge >= 0.3 is 0 Å². The van der Waals surface area contributed by atoms with E-state index in [0.717, 1.165) is 11.3 Å². The number of allylic oxidation sites excluding steroid dienone is 2. The first kappa shape index (κ1) is 18.2. The molecule has 1 aromatic heterocycles. The normalized spacial score (nSPS) is 26.0. The summed E-state index contributed by atoms with van der Waals surface area (Å²) in [4.78, 5) is 0. The molecule has 0 saturated heterocycles. The number of benzene rings is 1. The van der Waals surface area contributed by atoms with Crippen LogP contribution in [0.2, 0.25) is 5.15 Å². The van der Waals surface area contributed by atoms with Gasteiger partial charge in [0.2, 0.25) is 0 Å². The van der Waals surface area contributed by atoms with Crippen LogP contribution < -0.4 is 5.43 Å². The molecule has 2 bridgehead atoms. The van der Waals surface area contributed by atoms with Crippen LogP contribution in [0.4, 0.5) is 4.39 Å². The number of hydrogen-bond donors (Lipinski definition) is 1. The fourth-order valence-electron chi connectivity index (χ4n) is 4.43. The van der Waals surface area contributed by atoms with E-state index in [4.69, 9.17) is 11.6 Å². The molecule has 2 aliphatic rings. The van der Waals surface area contributed by atoms with Gasteiger partial charge in [-0.15, -0.1) is 0 Å². The van der Waals surface area contributed by atoms with Crippen molar-refractivity contribution in [1.29, 1.82) is 0 Å². The third kappa shape index (κ3) is 2.71. The van der Waals surface area contributed by atoms with Crippen molar-refractivity contribution in [3.63, 3.8) is 0 Å². The van der Waals surface area contributed by atoms with Gasteiger partial charge in [0, 0.05) is 11.1 Å². The first-order chi connectivity index (χ1) is 12.7. The molecule has 1 aromatic carbocycles. The summed E-state index contributed by atoms with van der Waals surface area (Å²) in [5, 5.41) is 9.38. The van der Waals surface area contributed by atoms with Crippen molar-refractivity contribution in [2.45, 2.75) is 40.5 Å². The molecule has 142 valence electrons. The lowest BCUT2D eigenvalue weighted by atomic mass is 9.69. The first-order valence-electron chi connectivity index (χ1n) is 9.26. The number of aryl methyl sites for hydroxylation is 1. The number of nitrogens with zero attached hydrogens (tertiary/aromatic N) is 3. The number of fused-ring (bicyclic) bond motifs is 2. The van der Waals surface area contributed by atoms with Gasteiger partial charge in [-0.2, -0.15) is 10.2 Å². The summed E-state index contributed by atoms with van der Waals surface area (Å²) >= 11 is 6.51. The maximum absolute atomic E-state index is 13.2. The second kappa shape index (κ2) is 6.20. The average Bonchev–Trinajstić information content (AvgIpc) is 3.10. The van der Waals surface area contributed by atoms with E-state index in [1.807, 2.05) is 6.92 Å². The lowest BCUT2D eigenvalue weighted by molar-refractivity contribution is 0.164. The lowest BCUT2D eigenvalue weighted by Crippen LogP contribution is -2.33. The molecule has 27 heavy (non-hydrogen) atoms. The maximum atomic E-state index is 13.2. The number of nitrogens with one attached hydrogen (secondary N) is 1. The number of rotatable bonds is 4. The molecular formula is C21H24ClFN4. The van der Waals surface area contributed by atoms with Crippen molar-refractivity contribution in [1.82, 2.24) is 15.2 Å². The van der Waals surface area contributed by atoms with Crippen molar-refractivity contribution in [3.8, 4) is 5.69 Å². The number of hydrogen-bond acceptors (Lipinski definition) is 3. The molecule has 1 N–H and O–H groups in total. The van der Waals surface area contributed by atoms with Crippen LogP contribution >= 0.6 is 11.6 Å². The monoisotopic (exact) mass is 386 g/mol. The van der Waals surface area contributed by atoms with Gasteiger partial charge in [-0.25, -0.2) is 9.07 Å². The number of hydrazone groups is 1. The Morgan fingerprint density at radius 1 is 1.30 bits per heavy atom. The molecular weight excluding hydrogens is 363 g/mol. The number of aromatic nitrogens is 2. The molecule has 0 unspecified atom stereocenters. The van der Waals surface area contributed by atoms with E-state index in [9.17, 15) is 4.39 Å².